The summed E-state index contributed by atoms with van der Waals surface area (Å²) in [6.07, 6.45) is 0.151. The quantitative estimate of drug-likeness (QED) is 0.635. The molecule has 0 radical (unpaired) electrons. The second kappa shape index (κ2) is 5.88. The Hall–Kier alpha value is -1.48. The predicted molar refractivity (Wildman–Crippen MR) is 71.7 cm³/mol. The highest BCUT2D eigenvalue weighted by atomic mass is 32.2. The number of carbonyl (C=O) groups is 1. The summed E-state index contributed by atoms with van der Waals surface area (Å²) in [6, 6.07) is 4.40. The van der Waals surface area contributed by atoms with E-state index in [1.165, 1.54) is 12.1 Å². The van der Waals surface area contributed by atoms with Gasteiger partial charge in [-0.25, -0.2) is 8.42 Å². The first-order valence-electron chi connectivity index (χ1n) is 6.13. The molecule has 8 heteroatoms. The topological polar surface area (TPSA) is 107 Å². The lowest BCUT2D eigenvalue weighted by molar-refractivity contribution is -0.115. The van der Waals surface area contributed by atoms with Gasteiger partial charge >= 0.3 is 0 Å². The lowest BCUT2D eigenvalue weighted by Gasteiger charge is -2.20. The highest BCUT2D eigenvalue weighted by molar-refractivity contribution is 7.89. The summed E-state index contributed by atoms with van der Waals surface area (Å²) in [7, 11) is -3.79. The summed E-state index contributed by atoms with van der Waals surface area (Å²) in [6.45, 7) is -0.831. The molecule has 0 saturated carbocycles. The van der Waals surface area contributed by atoms with Crippen LogP contribution in [-0.2, 0) is 21.2 Å². The predicted octanol–water partition coefficient (Wildman–Crippen LogP) is -0.843. The second-order valence-corrected chi connectivity index (χ2v) is 6.33. The van der Waals surface area contributed by atoms with Gasteiger partial charge < -0.3 is 15.5 Å². The largest absolute Gasteiger partial charge is 0.395 e. The van der Waals surface area contributed by atoms with Gasteiger partial charge in [0.05, 0.1) is 24.5 Å². The molecule has 0 unspecified atom stereocenters. The molecule has 0 atom stereocenters. The number of nitrogens with one attached hydrogen (secondary N) is 1. The van der Waals surface area contributed by atoms with Gasteiger partial charge in [-0.3, -0.25) is 4.79 Å². The van der Waals surface area contributed by atoms with Crippen molar-refractivity contribution in [2.24, 2.45) is 0 Å². The van der Waals surface area contributed by atoms with Gasteiger partial charge in [-0.05, 0) is 23.8 Å². The molecular weight excluding hydrogens is 284 g/mol. The lowest BCUT2D eigenvalue weighted by atomic mass is 10.2. The molecule has 0 aliphatic carbocycles. The fourth-order valence-electron chi connectivity index (χ4n) is 2.09. The maximum absolute atomic E-state index is 12.4. The number of hydrogen-bond donors (Lipinski definition) is 3. The molecule has 1 aromatic rings. The van der Waals surface area contributed by atoms with E-state index < -0.39 is 10.0 Å². The van der Waals surface area contributed by atoms with Crippen molar-refractivity contribution in [2.75, 3.05) is 31.6 Å². The highest BCUT2D eigenvalue weighted by Gasteiger charge is 2.26. The van der Waals surface area contributed by atoms with Crippen molar-refractivity contribution in [1.29, 1.82) is 0 Å². The van der Waals surface area contributed by atoms with Crippen LogP contribution in [0.5, 0.6) is 0 Å². The number of amides is 1. The van der Waals surface area contributed by atoms with Gasteiger partial charge in [0, 0.05) is 18.8 Å². The lowest BCUT2D eigenvalue weighted by Crippen LogP contribution is -2.35. The number of rotatable bonds is 6. The minimum absolute atomic E-state index is 0.0506. The molecule has 1 aromatic carbocycles. The first kappa shape index (κ1) is 14.9. The number of fused-ring (bicyclic) bond motifs is 1. The summed E-state index contributed by atoms with van der Waals surface area (Å²) >= 11 is 0. The van der Waals surface area contributed by atoms with Crippen molar-refractivity contribution in [3.05, 3.63) is 23.8 Å². The number of carbonyl (C=O) groups excluding carboxylic acids is 1. The van der Waals surface area contributed by atoms with Gasteiger partial charge in [0.25, 0.3) is 0 Å². The molecule has 7 nitrogen and oxygen atoms in total. The van der Waals surface area contributed by atoms with Crippen molar-refractivity contribution in [2.45, 2.75) is 11.3 Å². The van der Waals surface area contributed by atoms with Crippen molar-refractivity contribution >= 4 is 21.6 Å². The summed E-state index contributed by atoms with van der Waals surface area (Å²) in [5.41, 5.74) is 1.24. The second-order valence-electron chi connectivity index (χ2n) is 4.40. The van der Waals surface area contributed by atoms with Gasteiger partial charge in [-0.15, -0.1) is 0 Å². The Morgan fingerprint density at radius 1 is 1.20 bits per heavy atom. The maximum atomic E-state index is 12.4. The normalized spacial score (nSPS) is 14.4. The molecule has 0 bridgehead atoms. The van der Waals surface area contributed by atoms with Crippen LogP contribution >= 0.6 is 0 Å². The highest BCUT2D eigenvalue weighted by Crippen LogP contribution is 2.27. The third-order valence-electron chi connectivity index (χ3n) is 3.04. The Morgan fingerprint density at radius 3 is 2.45 bits per heavy atom. The summed E-state index contributed by atoms with van der Waals surface area (Å²) in [5, 5.41) is 20.5. The van der Waals surface area contributed by atoms with E-state index in [0.29, 0.717) is 11.3 Å². The SMILES string of the molecule is O=C1Cc2cc(S(=O)(=O)N(CCO)CCO)ccc2N1. The molecular formula is C12H16N2O5S. The van der Waals surface area contributed by atoms with E-state index in [1.54, 1.807) is 6.07 Å². The Kier molecular flexibility index (Phi) is 4.39. The molecule has 1 aliphatic rings. The van der Waals surface area contributed by atoms with Crippen molar-refractivity contribution in [3.8, 4) is 0 Å². The van der Waals surface area contributed by atoms with E-state index in [-0.39, 0.29) is 43.5 Å². The number of sulfonamides is 1. The third-order valence-corrected chi connectivity index (χ3v) is 4.93. The van der Waals surface area contributed by atoms with E-state index in [2.05, 4.69) is 5.32 Å². The van der Waals surface area contributed by atoms with Crippen molar-refractivity contribution in [3.63, 3.8) is 0 Å². The molecule has 110 valence electrons. The van der Waals surface area contributed by atoms with Gasteiger partial charge in [0.1, 0.15) is 0 Å². The first-order valence-corrected chi connectivity index (χ1v) is 7.57. The minimum atomic E-state index is -3.79. The minimum Gasteiger partial charge on any atom is -0.395 e. The smallest absolute Gasteiger partial charge is 0.243 e. The molecule has 20 heavy (non-hydrogen) atoms. The summed E-state index contributed by atoms with van der Waals surface area (Å²) in [4.78, 5) is 11.3. The zero-order chi connectivity index (χ0) is 14.8. The zero-order valence-electron chi connectivity index (χ0n) is 10.7. The van der Waals surface area contributed by atoms with Crippen LogP contribution in [0.25, 0.3) is 0 Å². The first-order chi connectivity index (χ1) is 9.48. The standard InChI is InChI=1S/C12H16N2O5S/c15-5-3-14(4-6-16)20(18,19)10-1-2-11-9(7-10)8-12(17)13-11/h1-2,7,15-16H,3-6,8H2,(H,13,17). The van der Waals surface area contributed by atoms with Crippen LogP contribution in [0.1, 0.15) is 5.56 Å². The Morgan fingerprint density at radius 2 is 1.85 bits per heavy atom. The zero-order valence-corrected chi connectivity index (χ0v) is 11.6. The molecule has 0 saturated heterocycles. The number of nitrogens with zero attached hydrogens (tertiary/aromatic N) is 1. The fourth-order valence-corrected chi connectivity index (χ4v) is 3.56. The monoisotopic (exact) mass is 300 g/mol. The molecule has 3 N–H and O–H groups in total. The average Bonchev–Trinajstić information content (AvgIpc) is 2.77. The molecule has 2 rings (SSSR count). The van der Waals surface area contributed by atoms with Crippen molar-refractivity contribution in [1.82, 2.24) is 4.31 Å². The van der Waals surface area contributed by atoms with E-state index in [9.17, 15) is 13.2 Å². The number of benzene rings is 1. The average molecular weight is 300 g/mol. The van der Waals surface area contributed by atoms with Crippen LogP contribution in [0.4, 0.5) is 5.69 Å². The molecule has 1 amide bonds. The van der Waals surface area contributed by atoms with E-state index >= 15 is 0 Å². The Balaban J connectivity index is 2.34. The van der Waals surface area contributed by atoms with Crippen LogP contribution in [0.2, 0.25) is 0 Å². The van der Waals surface area contributed by atoms with Crippen LogP contribution < -0.4 is 5.32 Å². The van der Waals surface area contributed by atoms with Crippen molar-refractivity contribution < 1.29 is 23.4 Å². The van der Waals surface area contributed by atoms with Crippen LogP contribution in [0, 0.1) is 0 Å². The molecule has 1 heterocycles. The van der Waals surface area contributed by atoms with Gasteiger partial charge in [-0.1, -0.05) is 0 Å². The number of hydrogen-bond acceptors (Lipinski definition) is 5. The summed E-state index contributed by atoms with van der Waals surface area (Å²) < 4.78 is 25.8. The van der Waals surface area contributed by atoms with Gasteiger partial charge in [0.15, 0.2) is 0 Å². The Bertz CT molecular complexity index is 608. The van der Waals surface area contributed by atoms with E-state index in [4.69, 9.17) is 10.2 Å². The molecule has 0 fully saturated rings. The van der Waals surface area contributed by atoms with Gasteiger partial charge in [-0.2, -0.15) is 4.31 Å². The number of aliphatic hydroxyl groups is 2. The number of aliphatic hydroxyl groups excluding tert-OH is 2. The molecule has 1 aliphatic heterocycles. The summed E-state index contributed by atoms with van der Waals surface area (Å²) in [5.74, 6) is -0.169. The van der Waals surface area contributed by atoms with Gasteiger partial charge in [0.2, 0.25) is 15.9 Å². The van der Waals surface area contributed by atoms with Crippen LogP contribution in [-0.4, -0.2) is 55.1 Å². The Labute approximate surface area is 116 Å². The number of anilines is 1. The van der Waals surface area contributed by atoms with Crippen LogP contribution in [0.15, 0.2) is 23.1 Å². The third kappa shape index (κ3) is 2.83. The molecule has 0 aromatic heterocycles. The maximum Gasteiger partial charge on any atom is 0.243 e. The van der Waals surface area contributed by atoms with Crippen LogP contribution in [0.3, 0.4) is 0 Å². The van der Waals surface area contributed by atoms with E-state index in [0.717, 1.165) is 4.31 Å². The fraction of sp³-hybridized carbons (Fsp3) is 0.417. The molecule has 0 spiro atoms. The van der Waals surface area contributed by atoms with E-state index in [1.807, 2.05) is 0 Å².